The Morgan fingerprint density at radius 3 is 2.45 bits per heavy atom. The first-order valence-corrected chi connectivity index (χ1v) is 13.5. The lowest BCUT2D eigenvalue weighted by Crippen LogP contribution is -2.50. The van der Waals surface area contributed by atoms with Gasteiger partial charge in [0.15, 0.2) is 0 Å². The Bertz CT molecular complexity index is 966. The molecule has 0 aliphatic heterocycles. The Morgan fingerprint density at radius 1 is 1.03 bits per heavy atom. The van der Waals surface area contributed by atoms with Gasteiger partial charge in [0.05, 0.1) is 15.8 Å². The van der Waals surface area contributed by atoms with Crippen LogP contribution in [0.4, 0.5) is 0 Å². The van der Waals surface area contributed by atoms with Crippen molar-refractivity contribution in [2.45, 2.75) is 63.4 Å². The maximum atomic E-state index is 13.2. The Labute approximate surface area is 215 Å². The van der Waals surface area contributed by atoms with E-state index in [1.807, 2.05) is 30.3 Å². The fourth-order valence-electron chi connectivity index (χ4n) is 3.93. The zero-order valence-electron chi connectivity index (χ0n) is 18.7. The van der Waals surface area contributed by atoms with Gasteiger partial charge in [0, 0.05) is 23.4 Å². The molecule has 1 saturated carbocycles. The van der Waals surface area contributed by atoms with Crippen LogP contribution in [-0.4, -0.2) is 34.6 Å². The fourth-order valence-corrected chi connectivity index (χ4v) is 5.45. The molecule has 33 heavy (non-hydrogen) atoms. The van der Waals surface area contributed by atoms with E-state index in [2.05, 4.69) is 5.32 Å². The number of nitrogens with zero attached hydrogens (tertiary/aromatic N) is 1. The lowest BCUT2D eigenvalue weighted by molar-refractivity contribution is -0.139. The second kappa shape index (κ2) is 12.9. The van der Waals surface area contributed by atoms with Gasteiger partial charge in [-0.05, 0) is 49.1 Å². The minimum atomic E-state index is -0.602. The summed E-state index contributed by atoms with van der Waals surface area (Å²) in [5.74, 6) is 0.637. The molecule has 0 heterocycles. The van der Waals surface area contributed by atoms with Crippen LogP contribution in [0, 0.1) is 0 Å². The Morgan fingerprint density at radius 2 is 1.76 bits per heavy atom. The molecular weight excluding hydrogens is 499 g/mol. The van der Waals surface area contributed by atoms with Crippen molar-refractivity contribution in [3.8, 4) is 0 Å². The predicted octanol–water partition coefficient (Wildman–Crippen LogP) is 6.75. The molecule has 1 aliphatic rings. The third-order valence-electron chi connectivity index (χ3n) is 5.90. The van der Waals surface area contributed by atoms with Crippen molar-refractivity contribution in [2.75, 3.05) is 5.75 Å². The van der Waals surface area contributed by atoms with Gasteiger partial charge in [-0.25, -0.2) is 0 Å². The van der Waals surface area contributed by atoms with E-state index in [-0.39, 0.29) is 30.2 Å². The van der Waals surface area contributed by atoms with Crippen molar-refractivity contribution < 1.29 is 9.59 Å². The largest absolute Gasteiger partial charge is 0.352 e. The first-order valence-electron chi connectivity index (χ1n) is 11.2. The molecule has 1 fully saturated rings. The molecule has 0 radical (unpaired) electrons. The Hall–Kier alpha value is -1.40. The van der Waals surface area contributed by atoms with Crippen molar-refractivity contribution in [3.63, 3.8) is 0 Å². The summed E-state index contributed by atoms with van der Waals surface area (Å²) >= 11 is 20.0. The summed E-state index contributed by atoms with van der Waals surface area (Å²) < 4.78 is 0. The van der Waals surface area contributed by atoms with Crippen LogP contribution >= 0.6 is 46.6 Å². The number of hydrogen-bond donors (Lipinski definition) is 1. The topological polar surface area (TPSA) is 49.4 Å². The molecule has 0 saturated heterocycles. The molecule has 0 aromatic heterocycles. The second-order valence-electron chi connectivity index (χ2n) is 8.37. The molecule has 0 unspecified atom stereocenters. The molecule has 2 aromatic rings. The number of thioether (sulfide) groups is 1. The highest BCUT2D eigenvalue weighted by Gasteiger charge is 2.28. The number of carbonyl (C=O) groups is 2. The van der Waals surface area contributed by atoms with E-state index in [1.54, 1.807) is 24.0 Å². The lowest BCUT2D eigenvalue weighted by Gasteiger charge is -2.31. The van der Waals surface area contributed by atoms with E-state index in [9.17, 15) is 9.59 Å². The molecule has 0 bridgehead atoms. The van der Waals surface area contributed by atoms with Crippen molar-refractivity contribution >= 4 is 58.4 Å². The van der Waals surface area contributed by atoms with Gasteiger partial charge in [0.1, 0.15) is 6.04 Å². The van der Waals surface area contributed by atoms with E-state index >= 15 is 0 Å². The summed E-state index contributed by atoms with van der Waals surface area (Å²) in [4.78, 5) is 27.9. The molecule has 4 nitrogen and oxygen atoms in total. The molecule has 3 rings (SSSR count). The minimum absolute atomic E-state index is 0.107. The smallest absolute Gasteiger partial charge is 0.242 e. The van der Waals surface area contributed by atoms with E-state index in [4.69, 9.17) is 34.8 Å². The minimum Gasteiger partial charge on any atom is -0.352 e. The lowest BCUT2D eigenvalue weighted by atomic mass is 9.95. The molecule has 2 aromatic carbocycles. The first kappa shape index (κ1) is 26.2. The summed E-state index contributed by atoms with van der Waals surface area (Å²) in [7, 11) is 0. The second-order valence-corrected chi connectivity index (χ2v) is 10.6. The van der Waals surface area contributed by atoms with Gasteiger partial charge in [-0.15, -0.1) is 11.8 Å². The van der Waals surface area contributed by atoms with E-state index < -0.39 is 6.04 Å². The number of amides is 2. The molecule has 2 amide bonds. The van der Waals surface area contributed by atoms with E-state index in [0.717, 1.165) is 36.8 Å². The van der Waals surface area contributed by atoms with Crippen molar-refractivity contribution in [2.24, 2.45) is 0 Å². The van der Waals surface area contributed by atoms with E-state index in [0.29, 0.717) is 20.8 Å². The molecule has 1 atom stereocenters. The zero-order chi connectivity index (χ0) is 23.8. The van der Waals surface area contributed by atoms with Gasteiger partial charge in [-0.2, -0.15) is 0 Å². The van der Waals surface area contributed by atoms with Crippen molar-refractivity contribution in [1.82, 2.24) is 10.2 Å². The number of halogens is 3. The number of benzene rings is 2. The number of nitrogens with one attached hydrogen (secondary N) is 1. The quantitative estimate of drug-likeness (QED) is 0.392. The van der Waals surface area contributed by atoms with Gasteiger partial charge < -0.3 is 10.2 Å². The van der Waals surface area contributed by atoms with Crippen LogP contribution in [-0.2, 0) is 21.9 Å². The Balaban J connectivity index is 1.68. The third kappa shape index (κ3) is 7.81. The van der Waals surface area contributed by atoms with Crippen LogP contribution < -0.4 is 5.32 Å². The van der Waals surface area contributed by atoms with Crippen molar-refractivity contribution in [1.29, 1.82) is 0 Å². The van der Waals surface area contributed by atoms with Gasteiger partial charge in [-0.3, -0.25) is 9.59 Å². The van der Waals surface area contributed by atoms with Gasteiger partial charge in [0.2, 0.25) is 11.8 Å². The summed E-state index contributed by atoms with van der Waals surface area (Å²) in [6.07, 6.45) is 5.46. The average molecular weight is 528 g/mol. The van der Waals surface area contributed by atoms with E-state index in [1.165, 1.54) is 18.2 Å². The summed E-state index contributed by atoms with van der Waals surface area (Å²) in [6.45, 7) is 2.06. The van der Waals surface area contributed by atoms with Crippen LogP contribution in [0.1, 0.15) is 50.2 Å². The average Bonchev–Trinajstić information content (AvgIpc) is 2.81. The monoisotopic (exact) mass is 526 g/mol. The summed E-state index contributed by atoms with van der Waals surface area (Å²) in [5.41, 5.74) is 1.81. The predicted molar refractivity (Wildman–Crippen MR) is 139 cm³/mol. The van der Waals surface area contributed by atoms with Gasteiger partial charge in [0.25, 0.3) is 0 Å². The molecule has 178 valence electrons. The van der Waals surface area contributed by atoms with Crippen LogP contribution in [0.25, 0.3) is 0 Å². The third-order valence-corrected chi connectivity index (χ3v) is 7.97. The van der Waals surface area contributed by atoms with Crippen LogP contribution in [0.15, 0.2) is 42.5 Å². The molecular formula is C25H29Cl3N2O2S. The summed E-state index contributed by atoms with van der Waals surface area (Å²) in [6, 6.07) is 12.5. The van der Waals surface area contributed by atoms with Gasteiger partial charge in [-0.1, -0.05) is 78.3 Å². The maximum Gasteiger partial charge on any atom is 0.242 e. The molecule has 0 spiro atoms. The van der Waals surface area contributed by atoms with Crippen LogP contribution in [0.3, 0.4) is 0 Å². The zero-order valence-corrected chi connectivity index (χ0v) is 21.7. The molecule has 1 N–H and O–H groups in total. The highest BCUT2D eigenvalue weighted by atomic mass is 35.5. The highest BCUT2D eigenvalue weighted by molar-refractivity contribution is 7.99. The highest BCUT2D eigenvalue weighted by Crippen LogP contribution is 2.25. The SMILES string of the molecule is C[C@@H](C(=O)NC1CCCCC1)N(Cc1ccc(Cl)c(Cl)c1)C(=O)CSCc1ccccc1Cl. The Kier molecular flexibility index (Phi) is 10.2. The van der Waals surface area contributed by atoms with Gasteiger partial charge >= 0.3 is 0 Å². The first-order chi connectivity index (χ1) is 15.8. The number of carbonyl (C=O) groups excluding carboxylic acids is 2. The summed E-state index contributed by atoms with van der Waals surface area (Å²) in [5, 5.41) is 4.71. The number of hydrogen-bond acceptors (Lipinski definition) is 3. The molecule has 8 heteroatoms. The van der Waals surface area contributed by atoms with Crippen LogP contribution in [0.2, 0.25) is 15.1 Å². The normalized spacial score (nSPS) is 15.2. The number of rotatable bonds is 9. The fraction of sp³-hybridized carbons (Fsp3) is 0.440. The van der Waals surface area contributed by atoms with Crippen molar-refractivity contribution in [3.05, 3.63) is 68.7 Å². The standard InChI is InChI=1S/C25H29Cl3N2O2S/c1-17(25(32)29-20-8-3-2-4-9-20)30(14-18-11-12-22(27)23(28)13-18)24(31)16-33-15-19-7-5-6-10-21(19)26/h5-7,10-13,17,20H,2-4,8-9,14-16H2,1H3,(H,29,32)/t17-/m0/s1. The maximum absolute atomic E-state index is 13.2. The molecule has 1 aliphatic carbocycles. The van der Waals surface area contributed by atoms with Crippen LogP contribution in [0.5, 0.6) is 0 Å².